The Hall–Kier alpha value is -2.28. The maximum absolute atomic E-state index is 12.4. The molecular weight excluding hydrogens is 346 g/mol. The Morgan fingerprint density at radius 3 is 2.59 bits per heavy atom. The average Bonchev–Trinajstić information content (AvgIpc) is 3.32. The van der Waals surface area contributed by atoms with Crippen LogP contribution in [0.15, 0.2) is 18.2 Å². The molecule has 1 aliphatic carbocycles. The Balaban J connectivity index is 1.61. The van der Waals surface area contributed by atoms with Gasteiger partial charge in [0.25, 0.3) is 5.91 Å². The minimum absolute atomic E-state index is 0.152. The van der Waals surface area contributed by atoms with Crippen molar-refractivity contribution in [2.45, 2.75) is 50.6 Å². The Labute approximate surface area is 160 Å². The highest BCUT2D eigenvalue weighted by Crippen LogP contribution is 2.31. The van der Waals surface area contributed by atoms with Gasteiger partial charge in [0, 0.05) is 18.9 Å². The summed E-state index contributed by atoms with van der Waals surface area (Å²) in [6.07, 6.45) is 6.28. The first-order chi connectivity index (χ1) is 13.1. The minimum atomic E-state index is -0.374. The molecule has 7 heteroatoms. The van der Waals surface area contributed by atoms with E-state index in [2.05, 4.69) is 10.6 Å². The summed E-state index contributed by atoms with van der Waals surface area (Å²) in [6.45, 7) is 1.16. The highest BCUT2D eigenvalue weighted by molar-refractivity contribution is 5.94. The molecule has 3 amide bonds. The molecule has 3 N–H and O–H groups in total. The lowest BCUT2D eigenvalue weighted by atomic mass is 10.0. The molecule has 0 bridgehead atoms. The van der Waals surface area contributed by atoms with E-state index >= 15 is 0 Å². The molecule has 1 saturated heterocycles. The van der Waals surface area contributed by atoms with Crippen LogP contribution in [0.1, 0.15) is 50.1 Å². The molecule has 2 fully saturated rings. The summed E-state index contributed by atoms with van der Waals surface area (Å²) < 4.78 is 10.9. The van der Waals surface area contributed by atoms with Gasteiger partial charge in [0.05, 0.1) is 26.3 Å². The number of rotatable bonds is 6. The fraction of sp³-hybridized carbons (Fsp3) is 0.600. The third-order valence-electron chi connectivity index (χ3n) is 5.63. The number of methoxy groups -OCH3 is 2. The monoisotopic (exact) mass is 376 g/mol. The molecule has 1 aliphatic heterocycles. The number of urea groups is 1. The van der Waals surface area contributed by atoms with E-state index in [1.54, 1.807) is 14.2 Å². The first-order valence-electron chi connectivity index (χ1n) is 9.77. The molecule has 1 aromatic rings. The number of benzene rings is 1. The zero-order valence-electron chi connectivity index (χ0n) is 16.2. The number of likely N-dealkylation sites (tertiary alicyclic amines) is 1. The highest BCUT2D eigenvalue weighted by Gasteiger charge is 2.34. The van der Waals surface area contributed by atoms with Crippen LogP contribution >= 0.6 is 0 Å². The highest BCUT2D eigenvalue weighted by atomic mass is 16.5. The molecule has 1 aromatic carbocycles. The summed E-state index contributed by atoms with van der Waals surface area (Å²) in [7, 11) is 3.29. The van der Waals surface area contributed by atoms with Gasteiger partial charge >= 0.3 is 6.03 Å². The van der Waals surface area contributed by atoms with Crippen LogP contribution in [-0.2, 0) is 4.79 Å². The van der Waals surface area contributed by atoms with Crippen molar-refractivity contribution in [1.82, 2.24) is 10.6 Å². The number of hydrogen-bond donors (Lipinski definition) is 3. The third kappa shape index (κ3) is 4.91. The quantitative estimate of drug-likeness (QED) is 0.697. The van der Waals surface area contributed by atoms with E-state index in [0.717, 1.165) is 67.0 Å². The van der Waals surface area contributed by atoms with Crippen molar-refractivity contribution in [2.24, 2.45) is 0 Å². The lowest BCUT2D eigenvalue weighted by Gasteiger charge is -2.23. The van der Waals surface area contributed by atoms with E-state index in [0.29, 0.717) is 0 Å². The SMILES string of the molecule is COc1ccc(OC)c([C@H]2CCC[NH+]2CC(=O)NC(=O)NC2CCCC2)c1. The summed E-state index contributed by atoms with van der Waals surface area (Å²) >= 11 is 0. The van der Waals surface area contributed by atoms with E-state index in [1.807, 2.05) is 18.2 Å². The zero-order valence-corrected chi connectivity index (χ0v) is 16.2. The van der Waals surface area contributed by atoms with Crippen LogP contribution in [0.2, 0.25) is 0 Å². The largest absolute Gasteiger partial charge is 0.497 e. The topological polar surface area (TPSA) is 81.1 Å². The predicted octanol–water partition coefficient (Wildman–Crippen LogP) is 1.19. The number of hydrogen-bond acceptors (Lipinski definition) is 4. The third-order valence-corrected chi connectivity index (χ3v) is 5.63. The van der Waals surface area contributed by atoms with E-state index in [-0.39, 0.29) is 30.6 Å². The molecule has 2 atom stereocenters. The second-order valence-electron chi connectivity index (χ2n) is 7.39. The number of carbonyl (C=O) groups excluding carboxylic acids is 2. The van der Waals surface area contributed by atoms with Crippen LogP contribution in [0.25, 0.3) is 0 Å². The van der Waals surface area contributed by atoms with Crippen molar-refractivity contribution in [3.63, 3.8) is 0 Å². The van der Waals surface area contributed by atoms with Gasteiger partial charge in [0.1, 0.15) is 17.5 Å². The Bertz CT molecular complexity index is 673. The number of nitrogens with one attached hydrogen (secondary N) is 3. The first-order valence-corrected chi connectivity index (χ1v) is 9.77. The second kappa shape index (κ2) is 9.08. The van der Waals surface area contributed by atoms with Gasteiger partial charge in [-0.05, 0) is 31.0 Å². The van der Waals surface area contributed by atoms with Crippen molar-refractivity contribution in [3.05, 3.63) is 23.8 Å². The summed E-state index contributed by atoms with van der Waals surface area (Å²) in [5.74, 6) is 1.34. The molecule has 27 heavy (non-hydrogen) atoms. The molecule has 148 valence electrons. The lowest BCUT2D eigenvalue weighted by molar-refractivity contribution is -0.910. The molecule has 1 saturated carbocycles. The summed E-state index contributed by atoms with van der Waals surface area (Å²) in [5, 5.41) is 5.39. The van der Waals surface area contributed by atoms with Crippen molar-refractivity contribution in [3.8, 4) is 11.5 Å². The normalized spacial score (nSPS) is 22.4. The molecule has 0 spiro atoms. The van der Waals surface area contributed by atoms with Crippen LogP contribution in [0, 0.1) is 0 Å². The maximum Gasteiger partial charge on any atom is 0.321 e. The first kappa shape index (κ1) is 19.5. The molecule has 7 nitrogen and oxygen atoms in total. The fourth-order valence-corrected chi connectivity index (χ4v) is 4.28. The van der Waals surface area contributed by atoms with Crippen LogP contribution in [0.3, 0.4) is 0 Å². The van der Waals surface area contributed by atoms with Crippen LogP contribution in [-0.4, -0.2) is 45.3 Å². The zero-order chi connectivity index (χ0) is 19.2. The fourth-order valence-electron chi connectivity index (χ4n) is 4.28. The molecular formula is C20H30N3O4+. The molecule has 0 radical (unpaired) electrons. The van der Waals surface area contributed by atoms with Crippen molar-refractivity contribution >= 4 is 11.9 Å². The lowest BCUT2D eigenvalue weighted by Crippen LogP contribution is -3.11. The number of imide groups is 1. The van der Waals surface area contributed by atoms with Crippen molar-refractivity contribution < 1.29 is 24.0 Å². The standard InChI is InChI=1S/C20H29N3O4/c1-26-15-9-10-18(27-2)16(12-15)17-8-5-11-23(17)13-19(24)22-20(25)21-14-6-3-4-7-14/h9-10,12,14,17H,3-8,11,13H2,1-2H3,(H2,21,22,24,25)/p+1/t17-/m1/s1. The van der Waals surface area contributed by atoms with Gasteiger partial charge < -0.3 is 19.7 Å². The van der Waals surface area contributed by atoms with E-state index < -0.39 is 0 Å². The van der Waals surface area contributed by atoms with Gasteiger partial charge in [-0.1, -0.05) is 12.8 Å². The maximum atomic E-state index is 12.4. The Morgan fingerprint density at radius 2 is 1.89 bits per heavy atom. The Kier molecular flexibility index (Phi) is 6.55. The smallest absolute Gasteiger partial charge is 0.321 e. The van der Waals surface area contributed by atoms with Crippen molar-refractivity contribution in [1.29, 1.82) is 0 Å². The van der Waals surface area contributed by atoms with E-state index in [4.69, 9.17) is 9.47 Å². The number of amides is 3. The van der Waals surface area contributed by atoms with Gasteiger partial charge in [0.2, 0.25) is 0 Å². The molecule has 2 aliphatic rings. The minimum Gasteiger partial charge on any atom is -0.497 e. The second-order valence-corrected chi connectivity index (χ2v) is 7.39. The van der Waals surface area contributed by atoms with Gasteiger partial charge in [-0.2, -0.15) is 0 Å². The number of quaternary nitrogens is 1. The predicted molar refractivity (Wildman–Crippen MR) is 101 cm³/mol. The van der Waals surface area contributed by atoms with E-state index in [9.17, 15) is 9.59 Å². The van der Waals surface area contributed by atoms with Crippen LogP contribution in [0.4, 0.5) is 4.79 Å². The number of carbonyl (C=O) groups is 2. The molecule has 1 unspecified atom stereocenters. The van der Waals surface area contributed by atoms with Gasteiger partial charge in [-0.25, -0.2) is 4.79 Å². The summed E-state index contributed by atoms with van der Waals surface area (Å²) in [4.78, 5) is 25.6. The van der Waals surface area contributed by atoms with Gasteiger partial charge in [-0.3, -0.25) is 10.1 Å². The Morgan fingerprint density at radius 1 is 1.11 bits per heavy atom. The number of ether oxygens (including phenoxy) is 2. The van der Waals surface area contributed by atoms with Crippen molar-refractivity contribution in [2.75, 3.05) is 27.3 Å². The van der Waals surface area contributed by atoms with Gasteiger partial charge in [-0.15, -0.1) is 0 Å². The molecule has 0 aromatic heterocycles. The van der Waals surface area contributed by atoms with Crippen LogP contribution in [0.5, 0.6) is 11.5 Å². The molecule has 3 rings (SSSR count). The summed E-state index contributed by atoms with van der Waals surface area (Å²) in [5.41, 5.74) is 1.05. The summed E-state index contributed by atoms with van der Waals surface area (Å²) in [6, 6.07) is 5.74. The van der Waals surface area contributed by atoms with Gasteiger partial charge in [0.15, 0.2) is 6.54 Å². The van der Waals surface area contributed by atoms with E-state index in [1.165, 1.54) is 0 Å². The average molecular weight is 376 g/mol. The molecule has 1 heterocycles. The van der Waals surface area contributed by atoms with Crippen LogP contribution < -0.4 is 25.0 Å².